The van der Waals surface area contributed by atoms with Gasteiger partial charge < -0.3 is 5.32 Å². The normalized spacial score (nSPS) is 12.9. The highest BCUT2D eigenvalue weighted by Crippen LogP contribution is 2.15. The second kappa shape index (κ2) is 4.83. The van der Waals surface area contributed by atoms with Crippen LogP contribution in [0, 0.1) is 6.92 Å². The van der Waals surface area contributed by atoms with Gasteiger partial charge in [-0.05, 0) is 13.8 Å². The van der Waals surface area contributed by atoms with E-state index in [1.54, 1.807) is 22.7 Å². The molecular formula is C10H13N3S2. The van der Waals surface area contributed by atoms with Gasteiger partial charge in [-0.25, -0.2) is 9.97 Å². The van der Waals surface area contributed by atoms with Gasteiger partial charge >= 0.3 is 0 Å². The Bertz CT molecular complexity index is 408. The molecule has 0 aliphatic carbocycles. The van der Waals surface area contributed by atoms with Crippen molar-refractivity contribution in [2.75, 3.05) is 0 Å². The van der Waals surface area contributed by atoms with Gasteiger partial charge in [0.25, 0.3) is 0 Å². The molecule has 3 nitrogen and oxygen atoms in total. The number of aromatic nitrogens is 2. The van der Waals surface area contributed by atoms with Crippen molar-refractivity contribution in [2.45, 2.75) is 26.4 Å². The Morgan fingerprint density at radius 1 is 1.47 bits per heavy atom. The topological polar surface area (TPSA) is 37.8 Å². The summed E-state index contributed by atoms with van der Waals surface area (Å²) in [6, 6.07) is 0.304. The summed E-state index contributed by atoms with van der Waals surface area (Å²) in [6.45, 7) is 5.02. The second-order valence-electron chi connectivity index (χ2n) is 3.36. The quantitative estimate of drug-likeness (QED) is 0.891. The van der Waals surface area contributed by atoms with Crippen LogP contribution in [0.2, 0.25) is 0 Å². The van der Waals surface area contributed by atoms with Crippen LogP contribution in [0.3, 0.4) is 0 Å². The SMILES string of the molecule is Cc1ncc(CNC(C)c2cscn2)s1. The molecule has 0 aliphatic rings. The summed E-state index contributed by atoms with van der Waals surface area (Å²) in [5.41, 5.74) is 2.98. The van der Waals surface area contributed by atoms with E-state index in [1.807, 2.05) is 18.6 Å². The minimum Gasteiger partial charge on any atom is -0.304 e. The van der Waals surface area contributed by atoms with Crippen LogP contribution in [0.15, 0.2) is 17.1 Å². The molecule has 0 saturated heterocycles. The molecular weight excluding hydrogens is 226 g/mol. The van der Waals surface area contributed by atoms with E-state index in [0.717, 1.165) is 17.2 Å². The molecule has 2 heterocycles. The number of rotatable bonds is 4. The fourth-order valence-corrected chi connectivity index (χ4v) is 2.67. The Morgan fingerprint density at radius 2 is 2.33 bits per heavy atom. The van der Waals surface area contributed by atoms with Crippen molar-refractivity contribution in [3.05, 3.63) is 32.7 Å². The lowest BCUT2D eigenvalue weighted by Crippen LogP contribution is -2.17. The zero-order valence-electron chi connectivity index (χ0n) is 8.73. The maximum atomic E-state index is 4.28. The standard InChI is InChI=1S/C10H13N3S2/c1-7(10-5-14-6-13-10)11-3-9-4-12-8(2)15-9/h4-7,11H,3H2,1-2H3. The third-order valence-electron chi connectivity index (χ3n) is 2.15. The van der Waals surface area contributed by atoms with Crippen LogP contribution in [0.5, 0.6) is 0 Å². The number of thiazole rings is 2. The van der Waals surface area contributed by atoms with Gasteiger partial charge in [0.2, 0.25) is 0 Å². The summed E-state index contributed by atoms with van der Waals surface area (Å²) in [4.78, 5) is 9.77. The predicted octanol–water partition coefficient (Wildman–Crippen LogP) is 2.76. The van der Waals surface area contributed by atoms with Crippen molar-refractivity contribution < 1.29 is 0 Å². The molecule has 80 valence electrons. The summed E-state index contributed by atoms with van der Waals surface area (Å²) < 4.78 is 0. The maximum absolute atomic E-state index is 4.28. The van der Waals surface area contributed by atoms with E-state index in [-0.39, 0.29) is 0 Å². The van der Waals surface area contributed by atoms with Gasteiger partial charge in [-0.2, -0.15) is 0 Å². The molecule has 0 spiro atoms. The second-order valence-corrected chi connectivity index (χ2v) is 5.40. The van der Waals surface area contributed by atoms with Crippen molar-refractivity contribution in [3.63, 3.8) is 0 Å². The van der Waals surface area contributed by atoms with E-state index >= 15 is 0 Å². The van der Waals surface area contributed by atoms with Gasteiger partial charge in [-0.1, -0.05) is 0 Å². The third kappa shape index (κ3) is 2.84. The molecule has 15 heavy (non-hydrogen) atoms. The lowest BCUT2D eigenvalue weighted by Gasteiger charge is -2.09. The highest BCUT2D eigenvalue weighted by molar-refractivity contribution is 7.11. The molecule has 1 atom stereocenters. The average molecular weight is 239 g/mol. The fourth-order valence-electron chi connectivity index (χ4n) is 1.28. The van der Waals surface area contributed by atoms with Crippen molar-refractivity contribution in [1.29, 1.82) is 0 Å². The Labute approximate surface area is 97.2 Å². The number of nitrogens with one attached hydrogen (secondary N) is 1. The largest absolute Gasteiger partial charge is 0.304 e. The van der Waals surface area contributed by atoms with Crippen molar-refractivity contribution >= 4 is 22.7 Å². The van der Waals surface area contributed by atoms with Gasteiger partial charge in [0.05, 0.1) is 16.2 Å². The first-order valence-corrected chi connectivity index (χ1v) is 6.54. The third-order valence-corrected chi connectivity index (χ3v) is 3.66. The maximum Gasteiger partial charge on any atom is 0.0897 e. The van der Waals surface area contributed by atoms with E-state index in [9.17, 15) is 0 Å². The highest BCUT2D eigenvalue weighted by atomic mass is 32.1. The van der Waals surface area contributed by atoms with Crippen LogP contribution in [0.4, 0.5) is 0 Å². The first-order chi connectivity index (χ1) is 7.25. The molecule has 0 amide bonds. The molecule has 0 aliphatic heterocycles. The minimum absolute atomic E-state index is 0.304. The minimum atomic E-state index is 0.304. The van der Waals surface area contributed by atoms with E-state index in [0.29, 0.717) is 6.04 Å². The van der Waals surface area contributed by atoms with E-state index in [1.165, 1.54) is 4.88 Å². The van der Waals surface area contributed by atoms with Crippen LogP contribution < -0.4 is 5.32 Å². The summed E-state index contributed by atoms with van der Waals surface area (Å²) in [5, 5.41) is 6.63. The number of aryl methyl sites for hydroxylation is 1. The van der Waals surface area contributed by atoms with E-state index in [2.05, 4.69) is 27.6 Å². The van der Waals surface area contributed by atoms with Gasteiger partial charge in [0.1, 0.15) is 0 Å². The Balaban J connectivity index is 1.88. The zero-order valence-corrected chi connectivity index (χ0v) is 10.4. The van der Waals surface area contributed by atoms with Gasteiger partial charge in [0, 0.05) is 29.0 Å². The average Bonchev–Trinajstić information content (AvgIpc) is 2.84. The molecule has 0 radical (unpaired) electrons. The molecule has 0 bridgehead atoms. The molecule has 1 N–H and O–H groups in total. The highest BCUT2D eigenvalue weighted by Gasteiger charge is 2.07. The van der Waals surface area contributed by atoms with Crippen LogP contribution in [-0.2, 0) is 6.54 Å². The van der Waals surface area contributed by atoms with E-state index < -0.39 is 0 Å². The Hall–Kier alpha value is -0.780. The summed E-state index contributed by atoms with van der Waals surface area (Å²) in [7, 11) is 0. The lowest BCUT2D eigenvalue weighted by atomic mass is 10.2. The predicted molar refractivity (Wildman–Crippen MR) is 64.2 cm³/mol. The van der Waals surface area contributed by atoms with Crippen LogP contribution in [-0.4, -0.2) is 9.97 Å². The number of nitrogens with zero attached hydrogens (tertiary/aromatic N) is 2. The Kier molecular flexibility index (Phi) is 3.45. The van der Waals surface area contributed by atoms with E-state index in [4.69, 9.17) is 0 Å². The van der Waals surface area contributed by atoms with Crippen LogP contribution >= 0.6 is 22.7 Å². The monoisotopic (exact) mass is 239 g/mol. The van der Waals surface area contributed by atoms with Gasteiger partial charge in [-0.3, -0.25) is 0 Å². The van der Waals surface area contributed by atoms with Crippen LogP contribution in [0.1, 0.15) is 28.5 Å². The molecule has 5 heteroatoms. The first kappa shape index (κ1) is 10.7. The Morgan fingerprint density at radius 3 is 2.93 bits per heavy atom. The molecule has 0 fully saturated rings. The smallest absolute Gasteiger partial charge is 0.0897 e. The van der Waals surface area contributed by atoms with Gasteiger partial charge in [0.15, 0.2) is 0 Å². The van der Waals surface area contributed by atoms with Crippen molar-refractivity contribution in [1.82, 2.24) is 15.3 Å². The summed E-state index contributed by atoms with van der Waals surface area (Å²) in [5.74, 6) is 0. The molecule has 2 rings (SSSR count). The molecule has 0 saturated carbocycles. The first-order valence-electron chi connectivity index (χ1n) is 4.78. The van der Waals surface area contributed by atoms with Crippen molar-refractivity contribution in [2.24, 2.45) is 0 Å². The molecule has 2 aromatic heterocycles. The summed E-state index contributed by atoms with van der Waals surface area (Å²) in [6.07, 6.45) is 1.93. The van der Waals surface area contributed by atoms with Crippen molar-refractivity contribution in [3.8, 4) is 0 Å². The number of hydrogen-bond acceptors (Lipinski definition) is 5. The summed E-state index contributed by atoms with van der Waals surface area (Å²) >= 11 is 3.37. The molecule has 0 aromatic carbocycles. The fraction of sp³-hybridized carbons (Fsp3) is 0.400. The molecule has 1 unspecified atom stereocenters. The zero-order chi connectivity index (χ0) is 10.7. The van der Waals surface area contributed by atoms with Gasteiger partial charge in [-0.15, -0.1) is 22.7 Å². The number of hydrogen-bond donors (Lipinski definition) is 1. The molecule has 2 aromatic rings. The lowest BCUT2D eigenvalue weighted by molar-refractivity contribution is 0.567. The van der Waals surface area contributed by atoms with Crippen LogP contribution in [0.25, 0.3) is 0 Å².